The molecule has 3 amide bonds. The molecule has 1 aromatic carbocycles. The second-order valence-electron chi connectivity index (χ2n) is 10.9. The van der Waals surface area contributed by atoms with Crippen LogP contribution in [0.4, 0.5) is 5.69 Å². The number of fused-ring (bicyclic) bond motifs is 1. The highest BCUT2D eigenvalue weighted by Crippen LogP contribution is 2.56. The molecule has 2 bridgehead atoms. The fraction of sp³-hybridized carbons (Fsp3) is 0.577. The topological polar surface area (TPSA) is 87.7 Å². The van der Waals surface area contributed by atoms with E-state index in [-0.39, 0.29) is 23.8 Å². The summed E-state index contributed by atoms with van der Waals surface area (Å²) in [4.78, 5) is 42.6. The summed E-state index contributed by atoms with van der Waals surface area (Å²) < 4.78 is 6.38. The molecule has 7 nitrogen and oxygen atoms in total. The monoisotopic (exact) mass is 485 g/mol. The van der Waals surface area contributed by atoms with Crippen molar-refractivity contribution in [2.24, 2.45) is 11.8 Å². The van der Waals surface area contributed by atoms with Gasteiger partial charge in [0.25, 0.3) is 0 Å². The number of amides is 3. The van der Waals surface area contributed by atoms with Gasteiger partial charge in [0.15, 0.2) is 0 Å². The lowest BCUT2D eigenvalue weighted by molar-refractivity contribution is -0.146. The Morgan fingerprint density at radius 2 is 1.76 bits per heavy atom. The van der Waals surface area contributed by atoms with E-state index < -0.39 is 35.1 Å². The van der Waals surface area contributed by atoms with Gasteiger partial charge in [0, 0.05) is 22.3 Å². The van der Waals surface area contributed by atoms with Crippen molar-refractivity contribution in [3.05, 3.63) is 41.4 Å². The first-order valence-electron chi connectivity index (χ1n) is 12.2. The van der Waals surface area contributed by atoms with Crippen molar-refractivity contribution in [3.63, 3.8) is 0 Å². The van der Waals surface area contributed by atoms with Gasteiger partial charge in [-0.05, 0) is 57.9 Å². The summed E-state index contributed by atoms with van der Waals surface area (Å²) in [6.07, 6.45) is 8.41. The minimum Gasteiger partial charge on any atom is -0.359 e. The van der Waals surface area contributed by atoms with Crippen LogP contribution in [0.2, 0.25) is 5.02 Å². The first-order valence-corrected chi connectivity index (χ1v) is 12.6. The van der Waals surface area contributed by atoms with Crippen LogP contribution in [-0.4, -0.2) is 51.9 Å². The van der Waals surface area contributed by atoms with Gasteiger partial charge >= 0.3 is 0 Å². The lowest BCUT2D eigenvalue weighted by atomic mass is 9.74. The van der Waals surface area contributed by atoms with Gasteiger partial charge in [0.2, 0.25) is 17.7 Å². The molecule has 34 heavy (non-hydrogen) atoms. The molecular weight excluding hydrogens is 454 g/mol. The minimum absolute atomic E-state index is 0.111. The third kappa shape index (κ3) is 3.73. The molecular formula is C26H32ClN3O4. The number of hydrogen-bond donors (Lipinski definition) is 2. The molecule has 3 fully saturated rings. The van der Waals surface area contributed by atoms with Gasteiger partial charge in [-0.2, -0.15) is 0 Å². The van der Waals surface area contributed by atoms with Crippen LogP contribution in [0, 0.1) is 11.8 Å². The molecule has 2 N–H and O–H groups in total. The van der Waals surface area contributed by atoms with E-state index in [2.05, 4.69) is 10.6 Å². The smallest absolute Gasteiger partial charge is 0.246 e. The fourth-order valence-electron chi connectivity index (χ4n) is 6.18. The Bertz CT molecular complexity index is 1030. The highest BCUT2D eigenvalue weighted by Gasteiger charge is 2.73. The molecule has 0 radical (unpaired) electrons. The Morgan fingerprint density at radius 3 is 2.41 bits per heavy atom. The Labute approximate surface area is 205 Å². The zero-order valence-corrected chi connectivity index (χ0v) is 20.6. The molecule has 4 aliphatic rings. The largest absolute Gasteiger partial charge is 0.359 e. The maximum absolute atomic E-state index is 13.9. The number of hydrogen-bond acceptors (Lipinski definition) is 4. The number of carbonyl (C=O) groups is 3. The van der Waals surface area contributed by atoms with Crippen LogP contribution in [0.15, 0.2) is 36.4 Å². The van der Waals surface area contributed by atoms with E-state index in [0.717, 1.165) is 25.7 Å². The summed E-state index contributed by atoms with van der Waals surface area (Å²) in [5.74, 6) is -2.16. The van der Waals surface area contributed by atoms with Gasteiger partial charge in [0.05, 0.1) is 17.9 Å². The third-order valence-electron chi connectivity index (χ3n) is 7.61. The predicted octanol–water partition coefficient (Wildman–Crippen LogP) is 3.68. The molecule has 1 aliphatic carbocycles. The number of carbonyl (C=O) groups excluding carboxylic acids is 3. The number of ether oxygens (including phenoxy) is 1. The van der Waals surface area contributed by atoms with Crippen LogP contribution in [0.5, 0.6) is 0 Å². The quantitative estimate of drug-likeness (QED) is 0.637. The normalized spacial score (nSPS) is 32.7. The highest BCUT2D eigenvalue weighted by molar-refractivity contribution is 6.30. The van der Waals surface area contributed by atoms with E-state index in [1.807, 2.05) is 32.9 Å². The van der Waals surface area contributed by atoms with Crippen LogP contribution in [0.3, 0.4) is 0 Å². The summed E-state index contributed by atoms with van der Waals surface area (Å²) in [5.41, 5.74) is -1.16. The zero-order valence-electron chi connectivity index (χ0n) is 19.8. The number of likely N-dealkylation sites (tertiary alicyclic amines) is 1. The molecule has 5 rings (SSSR count). The predicted molar refractivity (Wildman–Crippen MR) is 129 cm³/mol. The average Bonchev–Trinajstić information content (AvgIpc) is 3.43. The van der Waals surface area contributed by atoms with Crippen molar-refractivity contribution in [3.8, 4) is 0 Å². The van der Waals surface area contributed by atoms with Crippen LogP contribution < -0.4 is 10.6 Å². The Hall–Kier alpha value is -2.38. The van der Waals surface area contributed by atoms with Crippen molar-refractivity contribution in [2.45, 2.75) is 82.2 Å². The number of anilines is 1. The lowest BCUT2D eigenvalue weighted by Gasteiger charge is -2.40. The molecule has 5 atom stereocenters. The first kappa shape index (κ1) is 23.4. The number of benzene rings is 1. The zero-order chi connectivity index (χ0) is 24.3. The third-order valence-corrected chi connectivity index (χ3v) is 7.86. The molecule has 1 aromatic rings. The molecule has 3 heterocycles. The fourth-order valence-corrected chi connectivity index (χ4v) is 6.30. The Morgan fingerprint density at radius 1 is 1.09 bits per heavy atom. The van der Waals surface area contributed by atoms with Crippen molar-refractivity contribution in [1.29, 1.82) is 0 Å². The summed E-state index contributed by atoms with van der Waals surface area (Å²) in [6.45, 7) is 5.76. The molecule has 2 saturated heterocycles. The van der Waals surface area contributed by atoms with Gasteiger partial charge in [0.1, 0.15) is 11.6 Å². The average molecular weight is 486 g/mol. The number of rotatable bonds is 4. The summed E-state index contributed by atoms with van der Waals surface area (Å²) in [5, 5.41) is 6.68. The molecule has 3 unspecified atom stereocenters. The van der Waals surface area contributed by atoms with Crippen molar-refractivity contribution in [2.75, 3.05) is 5.32 Å². The van der Waals surface area contributed by atoms with E-state index in [1.165, 1.54) is 6.42 Å². The number of nitrogens with one attached hydrogen (secondary N) is 2. The van der Waals surface area contributed by atoms with Gasteiger partial charge in [-0.15, -0.1) is 0 Å². The molecule has 0 aromatic heterocycles. The summed E-state index contributed by atoms with van der Waals surface area (Å²) in [7, 11) is 0. The summed E-state index contributed by atoms with van der Waals surface area (Å²) in [6, 6.07) is 6.13. The molecule has 182 valence electrons. The lowest BCUT2D eigenvalue weighted by Crippen LogP contribution is -2.60. The SMILES string of the molecule is CC(C)(C)N1C(=O)[C@H]2C(C(=O)Nc3ccc(Cl)cc3)[C@H]3C=CC2(O3)C1C(=O)NC1CCCCC1. The molecule has 3 aliphatic heterocycles. The molecule has 1 saturated carbocycles. The van der Waals surface area contributed by atoms with Crippen molar-refractivity contribution in [1.82, 2.24) is 10.2 Å². The Balaban J connectivity index is 1.46. The van der Waals surface area contributed by atoms with E-state index in [4.69, 9.17) is 16.3 Å². The van der Waals surface area contributed by atoms with Crippen molar-refractivity contribution >= 4 is 35.0 Å². The van der Waals surface area contributed by atoms with Gasteiger partial charge in [-0.3, -0.25) is 14.4 Å². The standard InChI is InChI=1S/C26H32ClN3O4/c1-25(2,3)30-21(23(32)29-16-7-5-4-6-8-16)26-14-13-18(34-26)19(20(26)24(30)33)22(31)28-17-11-9-15(27)10-12-17/h9-14,16,18-21H,4-8H2,1-3H3,(H,28,31)(H,29,32)/t18-,19?,20-,21?,26?/m1/s1. The summed E-state index contributed by atoms with van der Waals surface area (Å²) >= 11 is 5.96. The van der Waals surface area contributed by atoms with Crippen molar-refractivity contribution < 1.29 is 19.1 Å². The second kappa shape index (κ2) is 8.38. The molecule has 8 heteroatoms. The van der Waals surface area contributed by atoms with Gasteiger partial charge < -0.3 is 20.3 Å². The van der Waals surface area contributed by atoms with Gasteiger partial charge in [-0.25, -0.2) is 0 Å². The van der Waals surface area contributed by atoms with Crippen LogP contribution >= 0.6 is 11.6 Å². The van der Waals surface area contributed by atoms with E-state index in [0.29, 0.717) is 10.7 Å². The first-order chi connectivity index (χ1) is 16.1. The molecule has 1 spiro atoms. The van der Waals surface area contributed by atoms with Gasteiger partial charge in [-0.1, -0.05) is 43.0 Å². The number of nitrogens with zero attached hydrogens (tertiary/aromatic N) is 1. The van der Waals surface area contributed by atoms with Crippen LogP contribution in [-0.2, 0) is 19.1 Å². The number of halogens is 1. The Kier molecular flexibility index (Phi) is 5.76. The second-order valence-corrected chi connectivity index (χ2v) is 11.4. The maximum Gasteiger partial charge on any atom is 0.246 e. The highest BCUT2D eigenvalue weighted by atomic mass is 35.5. The minimum atomic E-state index is -1.14. The van der Waals surface area contributed by atoms with E-state index in [1.54, 1.807) is 29.2 Å². The van der Waals surface area contributed by atoms with E-state index >= 15 is 0 Å². The maximum atomic E-state index is 13.9. The van der Waals surface area contributed by atoms with Crippen LogP contribution in [0.25, 0.3) is 0 Å². The van der Waals surface area contributed by atoms with Crippen LogP contribution in [0.1, 0.15) is 52.9 Å². The van der Waals surface area contributed by atoms with E-state index in [9.17, 15) is 14.4 Å².